The van der Waals surface area contributed by atoms with Gasteiger partial charge in [-0.25, -0.2) is 4.98 Å². The zero-order chi connectivity index (χ0) is 19.6. The van der Waals surface area contributed by atoms with Crippen molar-refractivity contribution in [2.24, 2.45) is 0 Å². The summed E-state index contributed by atoms with van der Waals surface area (Å²) >= 11 is 18.2. The first-order valence-corrected chi connectivity index (χ1v) is 10.4. The summed E-state index contributed by atoms with van der Waals surface area (Å²) in [5, 5.41) is 5.49. The molecule has 1 aliphatic rings. The maximum Gasteiger partial charge on any atom is 0.250 e. The SMILES string of the molecule is ClC(Cl)(Cl)c1nc(NCCN2CCCC2)nc(-c2ccc3ccccc3c2)n1. The van der Waals surface area contributed by atoms with Crippen LogP contribution in [0.5, 0.6) is 0 Å². The average Bonchev–Trinajstić information content (AvgIpc) is 3.20. The van der Waals surface area contributed by atoms with Crippen molar-refractivity contribution in [2.45, 2.75) is 16.6 Å². The summed E-state index contributed by atoms with van der Waals surface area (Å²) < 4.78 is -1.72. The van der Waals surface area contributed by atoms with Crippen molar-refractivity contribution in [3.8, 4) is 11.4 Å². The highest BCUT2D eigenvalue weighted by molar-refractivity contribution is 6.66. The standard InChI is InChI=1S/C20H20Cl3N5/c21-20(22,23)18-25-17(16-8-7-14-5-1-2-6-15(14)13-16)26-19(27-18)24-9-12-28-10-3-4-11-28/h1-2,5-8,13H,3-4,9-12H2,(H,24,25,26,27). The van der Waals surface area contributed by atoms with Crippen LogP contribution in [0.4, 0.5) is 5.95 Å². The molecule has 1 saturated heterocycles. The lowest BCUT2D eigenvalue weighted by Crippen LogP contribution is -2.26. The van der Waals surface area contributed by atoms with Crippen LogP contribution >= 0.6 is 34.8 Å². The van der Waals surface area contributed by atoms with Crippen molar-refractivity contribution < 1.29 is 0 Å². The van der Waals surface area contributed by atoms with E-state index in [1.807, 2.05) is 36.4 Å². The van der Waals surface area contributed by atoms with Gasteiger partial charge in [-0.2, -0.15) is 9.97 Å². The fourth-order valence-corrected chi connectivity index (χ4v) is 3.62. The van der Waals surface area contributed by atoms with Crippen LogP contribution in [0.25, 0.3) is 22.2 Å². The molecule has 28 heavy (non-hydrogen) atoms. The van der Waals surface area contributed by atoms with E-state index >= 15 is 0 Å². The highest BCUT2D eigenvalue weighted by Crippen LogP contribution is 2.37. The Morgan fingerprint density at radius 1 is 0.929 bits per heavy atom. The molecular weight excluding hydrogens is 417 g/mol. The summed E-state index contributed by atoms with van der Waals surface area (Å²) in [6, 6.07) is 14.1. The second-order valence-electron chi connectivity index (χ2n) is 6.84. The number of fused-ring (bicyclic) bond motifs is 1. The van der Waals surface area contributed by atoms with E-state index in [0.29, 0.717) is 11.8 Å². The van der Waals surface area contributed by atoms with E-state index in [1.165, 1.54) is 12.8 Å². The van der Waals surface area contributed by atoms with Gasteiger partial charge in [-0.15, -0.1) is 0 Å². The highest BCUT2D eigenvalue weighted by atomic mass is 35.6. The lowest BCUT2D eigenvalue weighted by Gasteiger charge is -2.16. The molecule has 8 heteroatoms. The zero-order valence-corrected chi connectivity index (χ0v) is 17.5. The Hall–Kier alpha value is -1.66. The first-order valence-electron chi connectivity index (χ1n) is 9.28. The summed E-state index contributed by atoms with van der Waals surface area (Å²) in [6.07, 6.45) is 2.52. The van der Waals surface area contributed by atoms with Gasteiger partial charge in [0, 0.05) is 18.7 Å². The molecule has 3 aromatic rings. The van der Waals surface area contributed by atoms with E-state index in [0.717, 1.165) is 42.5 Å². The molecule has 0 bridgehead atoms. The third-order valence-corrected chi connectivity index (χ3v) is 5.31. The predicted octanol–water partition coefficient (Wildman–Crippen LogP) is 5.03. The van der Waals surface area contributed by atoms with Crippen molar-refractivity contribution >= 4 is 51.5 Å². The molecule has 5 nitrogen and oxygen atoms in total. The Morgan fingerprint density at radius 3 is 2.43 bits per heavy atom. The van der Waals surface area contributed by atoms with Crippen LogP contribution in [0.1, 0.15) is 18.7 Å². The van der Waals surface area contributed by atoms with Crippen LogP contribution in [-0.2, 0) is 3.79 Å². The van der Waals surface area contributed by atoms with Gasteiger partial charge in [-0.3, -0.25) is 0 Å². The van der Waals surface area contributed by atoms with Crippen LogP contribution in [0.2, 0.25) is 0 Å². The molecular formula is C20H20Cl3N5. The van der Waals surface area contributed by atoms with Crippen molar-refractivity contribution in [3.63, 3.8) is 0 Å². The minimum Gasteiger partial charge on any atom is -0.353 e. The second-order valence-corrected chi connectivity index (χ2v) is 9.12. The highest BCUT2D eigenvalue weighted by Gasteiger charge is 2.28. The minimum atomic E-state index is -1.72. The Balaban J connectivity index is 1.62. The van der Waals surface area contributed by atoms with Gasteiger partial charge in [0.1, 0.15) is 0 Å². The third kappa shape index (κ3) is 4.66. The third-order valence-electron chi connectivity index (χ3n) is 4.81. The number of hydrogen-bond acceptors (Lipinski definition) is 5. The van der Waals surface area contributed by atoms with E-state index in [-0.39, 0.29) is 5.82 Å². The molecule has 0 saturated carbocycles. The quantitative estimate of drug-likeness (QED) is 0.569. The summed E-state index contributed by atoms with van der Waals surface area (Å²) in [7, 11) is 0. The number of halogens is 3. The fraction of sp³-hybridized carbons (Fsp3) is 0.350. The summed E-state index contributed by atoms with van der Waals surface area (Å²) in [5.74, 6) is 1.00. The van der Waals surface area contributed by atoms with E-state index in [9.17, 15) is 0 Å². The molecule has 1 aliphatic heterocycles. The Bertz CT molecular complexity index is 967. The Kier molecular flexibility index (Phi) is 5.88. The number of benzene rings is 2. The van der Waals surface area contributed by atoms with Gasteiger partial charge < -0.3 is 10.2 Å². The van der Waals surface area contributed by atoms with Crippen molar-refractivity contribution in [3.05, 3.63) is 48.3 Å². The van der Waals surface area contributed by atoms with Gasteiger partial charge in [0.2, 0.25) is 9.74 Å². The van der Waals surface area contributed by atoms with Crippen LogP contribution in [0, 0.1) is 0 Å². The number of anilines is 1. The van der Waals surface area contributed by atoms with Crippen molar-refractivity contribution in [1.82, 2.24) is 19.9 Å². The number of aromatic nitrogens is 3. The number of nitrogens with one attached hydrogen (secondary N) is 1. The molecule has 0 unspecified atom stereocenters. The summed E-state index contributed by atoms with van der Waals surface area (Å²) in [5.41, 5.74) is 0.846. The molecule has 0 radical (unpaired) electrons. The smallest absolute Gasteiger partial charge is 0.250 e. The Labute approximate surface area is 179 Å². The van der Waals surface area contributed by atoms with Crippen molar-refractivity contribution in [2.75, 3.05) is 31.5 Å². The molecule has 1 aromatic heterocycles. The van der Waals surface area contributed by atoms with E-state index < -0.39 is 3.79 Å². The predicted molar refractivity (Wildman–Crippen MR) is 116 cm³/mol. The van der Waals surface area contributed by atoms with Crippen LogP contribution < -0.4 is 5.32 Å². The van der Waals surface area contributed by atoms with Gasteiger partial charge in [-0.1, -0.05) is 71.2 Å². The van der Waals surface area contributed by atoms with Crippen LogP contribution in [0.15, 0.2) is 42.5 Å². The van der Waals surface area contributed by atoms with Crippen molar-refractivity contribution in [1.29, 1.82) is 0 Å². The lowest BCUT2D eigenvalue weighted by molar-refractivity contribution is 0.352. The molecule has 0 aliphatic carbocycles. The largest absolute Gasteiger partial charge is 0.353 e. The maximum atomic E-state index is 6.06. The van der Waals surface area contributed by atoms with Gasteiger partial charge in [0.15, 0.2) is 11.6 Å². The van der Waals surface area contributed by atoms with E-state index in [1.54, 1.807) is 0 Å². The van der Waals surface area contributed by atoms with Gasteiger partial charge in [-0.05, 0) is 42.8 Å². The van der Waals surface area contributed by atoms with Gasteiger partial charge >= 0.3 is 0 Å². The number of nitrogens with zero attached hydrogens (tertiary/aromatic N) is 4. The lowest BCUT2D eigenvalue weighted by atomic mass is 10.1. The molecule has 2 heterocycles. The molecule has 4 rings (SSSR count). The van der Waals surface area contributed by atoms with Crippen LogP contribution in [-0.4, -0.2) is 46.0 Å². The fourth-order valence-electron chi connectivity index (χ4n) is 3.37. The molecule has 0 spiro atoms. The first kappa shape index (κ1) is 19.6. The minimum absolute atomic E-state index is 0.110. The van der Waals surface area contributed by atoms with Crippen LogP contribution in [0.3, 0.4) is 0 Å². The monoisotopic (exact) mass is 435 g/mol. The van der Waals surface area contributed by atoms with Gasteiger partial charge in [0.05, 0.1) is 0 Å². The molecule has 1 N–H and O–H groups in total. The second kappa shape index (κ2) is 8.37. The molecule has 146 valence electrons. The normalized spacial score (nSPS) is 15.2. The number of rotatable bonds is 5. The zero-order valence-electron chi connectivity index (χ0n) is 15.2. The number of hydrogen-bond donors (Lipinski definition) is 1. The van der Waals surface area contributed by atoms with Gasteiger partial charge in [0.25, 0.3) is 0 Å². The topological polar surface area (TPSA) is 53.9 Å². The first-order chi connectivity index (χ1) is 13.5. The molecule has 2 aromatic carbocycles. The molecule has 0 atom stereocenters. The van der Waals surface area contributed by atoms with E-state index in [4.69, 9.17) is 34.8 Å². The molecule has 1 fully saturated rings. The maximum absolute atomic E-state index is 6.06. The summed E-state index contributed by atoms with van der Waals surface area (Å²) in [4.78, 5) is 15.7. The average molecular weight is 437 g/mol. The van der Waals surface area contributed by atoms with E-state index in [2.05, 4.69) is 31.2 Å². The Morgan fingerprint density at radius 2 is 1.68 bits per heavy atom. The summed E-state index contributed by atoms with van der Waals surface area (Å²) in [6.45, 7) is 3.93. The number of alkyl halides is 3. The number of likely N-dealkylation sites (tertiary alicyclic amines) is 1. The molecule has 0 amide bonds.